The molecule has 1 aromatic carbocycles. The van der Waals surface area contributed by atoms with E-state index in [-0.39, 0.29) is 12.5 Å². The van der Waals surface area contributed by atoms with E-state index in [1.165, 1.54) is 13.2 Å². The van der Waals surface area contributed by atoms with Gasteiger partial charge in [0.2, 0.25) is 5.91 Å². The van der Waals surface area contributed by atoms with Gasteiger partial charge in [0.15, 0.2) is 0 Å². The van der Waals surface area contributed by atoms with Crippen molar-refractivity contribution in [2.75, 3.05) is 31.0 Å². The first kappa shape index (κ1) is 18.3. The van der Waals surface area contributed by atoms with Crippen LogP contribution in [-0.2, 0) is 14.3 Å². The Balaban J connectivity index is 1.88. The summed E-state index contributed by atoms with van der Waals surface area (Å²) in [5, 5.41) is 5.28. The van der Waals surface area contributed by atoms with Crippen LogP contribution in [0.5, 0.6) is 0 Å². The molecule has 25 heavy (non-hydrogen) atoms. The lowest BCUT2D eigenvalue weighted by Gasteiger charge is -2.08. The molecule has 2 aromatic rings. The Morgan fingerprint density at radius 2 is 1.88 bits per heavy atom. The summed E-state index contributed by atoms with van der Waals surface area (Å²) in [6, 6.07) is 10.3. The lowest BCUT2D eigenvalue weighted by molar-refractivity contribution is -0.111. The fraction of sp³-hybridized carbons (Fsp3) is 0.222. The molecule has 2 rings (SSSR count). The summed E-state index contributed by atoms with van der Waals surface area (Å²) in [6.45, 7) is 2.32. The molecule has 0 atom stereocenters. The summed E-state index contributed by atoms with van der Waals surface area (Å²) >= 11 is 0. The number of rotatable bonds is 7. The predicted molar refractivity (Wildman–Crippen MR) is 94.4 cm³/mol. The Bertz CT molecular complexity index is 751. The third-order valence-electron chi connectivity index (χ3n) is 3.06. The average Bonchev–Trinajstić information content (AvgIpc) is 2.99. The monoisotopic (exact) mass is 344 g/mol. The van der Waals surface area contributed by atoms with E-state index in [1.807, 2.05) is 13.0 Å². The van der Waals surface area contributed by atoms with Crippen molar-refractivity contribution in [1.82, 2.24) is 0 Å². The summed E-state index contributed by atoms with van der Waals surface area (Å²) in [5.41, 5.74) is 1.05. The smallest absolute Gasteiger partial charge is 0.411 e. The average molecular weight is 344 g/mol. The van der Waals surface area contributed by atoms with E-state index in [2.05, 4.69) is 10.6 Å². The molecular weight excluding hydrogens is 324 g/mol. The van der Waals surface area contributed by atoms with Gasteiger partial charge in [0.1, 0.15) is 18.1 Å². The second-order valence-corrected chi connectivity index (χ2v) is 5.11. The molecule has 0 saturated carbocycles. The number of nitrogens with one attached hydrogen (secondary N) is 2. The second kappa shape index (κ2) is 9.29. The van der Waals surface area contributed by atoms with Crippen molar-refractivity contribution in [3.8, 4) is 0 Å². The largest absolute Gasteiger partial charge is 0.462 e. The van der Waals surface area contributed by atoms with E-state index < -0.39 is 6.09 Å². The highest BCUT2D eigenvalue weighted by molar-refractivity contribution is 6.02. The highest BCUT2D eigenvalue weighted by Gasteiger charge is 2.05. The molecule has 2 amide bonds. The standard InChI is InChI=1S/C18H20N2O5/c1-13-6-7-16(25-13)8-9-17(21)19-14-4-3-5-15(12-14)20-18(22)24-11-10-23-2/h3-9,12H,10-11H2,1-2H3,(H,19,21)(H,20,22). The molecule has 7 nitrogen and oxygen atoms in total. The van der Waals surface area contributed by atoms with Crippen LogP contribution in [0.4, 0.5) is 16.2 Å². The van der Waals surface area contributed by atoms with Crippen molar-refractivity contribution in [2.45, 2.75) is 6.92 Å². The minimum Gasteiger partial charge on any atom is -0.462 e. The lowest BCUT2D eigenvalue weighted by Crippen LogP contribution is -2.16. The summed E-state index contributed by atoms with van der Waals surface area (Å²) in [7, 11) is 1.52. The first-order chi connectivity index (χ1) is 12.1. The number of benzene rings is 1. The zero-order valence-corrected chi connectivity index (χ0v) is 14.1. The zero-order valence-electron chi connectivity index (χ0n) is 14.1. The molecule has 0 spiro atoms. The van der Waals surface area contributed by atoms with Crippen LogP contribution < -0.4 is 10.6 Å². The zero-order chi connectivity index (χ0) is 18.1. The number of carbonyl (C=O) groups is 2. The van der Waals surface area contributed by atoms with Crippen LogP contribution in [0.1, 0.15) is 11.5 Å². The number of ether oxygens (including phenoxy) is 2. The van der Waals surface area contributed by atoms with Gasteiger partial charge >= 0.3 is 6.09 Å². The minimum atomic E-state index is -0.589. The topological polar surface area (TPSA) is 89.8 Å². The van der Waals surface area contributed by atoms with Crippen molar-refractivity contribution in [1.29, 1.82) is 0 Å². The van der Waals surface area contributed by atoms with E-state index in [4.69, 9.17) is 13.9 Å². The molecule has 1 aromatic heterocycles. The van der Waals surface area contributed by atoms with Gasteiger partial charge in [-0.2, -0.15) is 0 Å². The number of methoxy groups -OCH3 is 1. The third-order valence-corrected chi connectivity index (χ3v) is 3.06. The molecule has 0 fully saturated rings. The maximum atomic E-state index is 11.9. The minimum absolute atomic E-state index is 0.163. The van der Waals surface area contributed by atoms with Crippen LogP contribution in [0.15, 0.2) is 46.9 Å². The molecule has 0 radical (unpaired) electrons. The molecule has 1 heterocycles. The Morgan fingerprint density at radius 1 is 1.12 bits per heavy atom. The molecule has 0 saturated heterocycles. The number of aryl methyl sites for hydroxylation is 1. The van der Waals surface area contributed by atoms with Crippen molar-refractivity contribution >= 4 is 29.5 Å². The lowest BCUT2D eigenvalue weighted by atomic mass is 10.2. The number of anilines is 2. The normalized spacial score (nSPS) is 10.6. The van der Waals surface area contributed by atoms with Gasteiger partial charge in [-0.1, -0.05) is 6.07 Å². The van der Waals surface area contributed by atoms with Gasteiger partial charge in [-0.25, -0.2) is 4.79 Å². The summed E-state index contributed by atoms with van der Waals surface area (Å²) < 4.78 is 15.1. The Labute approximate surface area is 145 Å². The molecule has 7 heteroatoms. The summed E-state index contributed by atoms with van der Waals surface area (Å²) in [5.74, 6) is 1.06. The van der Waals surface area contributed by atoms with Crippen LogP contribution in [-0.4, -0.2) is 32.3 Å². The van der Waals surface area contributed by atoms with Gasteiger partial charge in [0.05, 0.1) is 6.61 Å². The fourth-order valence-electron chi connectivity index (χ4n) is 1.93. The van der Waals surface area contributed by atoms with Crippen LogP contribution in [0.3, 0.4) is 0 Å². The molecule has 0 aliphatic rings. The van der Waals surface area contributed by atoms with Crippen molar-refractivity contribution in [3.63, 3.8) is 0 Å². The summed E-state index contributed by atoms with van der Waals surface area (Å²) in [4.78, 5) is 23.5. The van der Waals surface area contributed by atoms with Crippen molar-refractivity contribution in [3.05, 3.63) is 54.0 Å². The second-order valence-electron chi connectivity index (χ2n) is 5.11. The van der Waals surface area contributed by atoms with Gasteiger partial charge < -0.3 is 19.2 Å². The van der Waals surface area contributed by atoms with Crippen LogP contribution in [0.25, 0.3) is 6.08 Å². The third kappa shape index (κ3) is 6.52. The van der Waals surface area contributed by atoms with Gasteiger partial charge in [-0.3, -0.25) is 10.1 Å². The molecule has 132 valence electrons. The Hall–Kier alpha value is -3.06. The van der Waals surface area contributed by atoms with E-state index >= 15 is 0 Å². The van der Waals surface area contributed by atoms with E-state index in [9.17, 15) is 9.59 Å². The van der Waals surface area contributed by atoms with E-state index in [0.29, 0.717) is 23.7 Å². The molecular formula is C18H20N2O5. The summed E-state index contributed by atoms with van der Waals surface area (Å²) in [6.07, 6.45) is 2.36. The maximum Gasteiger partial charge on any atom is 0.411 e. The quantitative estimate of drug-likeness (QED) is 0.593. The first-order valence-electron chi connectivity index (χ1n) is 7.65. The fourth-order valence-corrected chi connectivity index (χ4v) is 1.93. The first-order valence-corrected chi connectivity index (χ1v) is 7.65. The predicted octanol–water partition coefficient (Wildman–Crippen LogP) is 3.43. The number of hydrogen-bond acceptors (Lipinski definition) is 5. The molecule has 2 N–H and O–H groups in total. The Morgan fingerprint density at radius 3 is 2.56 bits per heavy atom. The van der Waals surface area contributed by atoms with E-state index in [0.717, 1.165) is 5.76 Å². The van der Waals surface area contributed by atoms with Crippen LogP contribution in [0.2, 0.25) is 0 Å². The number of amides is 2. The van der Waals surface area contributed by atoms with E-state index in [1.54, 1.807) is 36.4 Å². The van der Waals surface area contributed by atoms with Crippen molar-refractivity contribution < 1.29 is 23.5 Å². The number of furan rings is 1. The van der Waals surface area contributed by atoms with Gasteiger partial charge in [0.25, 0.3) is 0 Å². The van der Waals surface area contributed by atoms with Crippen LogP contribution >= 0.6 is 0 Å². The highest BCUT2D eigenvalue weighted by Crippen LogP contribution is 2.15. The molecule has 0 aliphatic carbocycles. The maximum absolute atomic E-state index is 11.9. The molecule has 0 aliphatic heterocycles. The van der Waals surface area contributed by atoms with Gasteiger partial charge in [-0.05, 0) is 43.3 Å². The highest BCUT2D eigenvalue weighted by atomic mass is 16.6. The SMILES string of the molecule is COCCOC(=O)Nc1cccc(NC(=O)C=Cc2ccc(C)o2)c1. The molecule has 0 bridgehead atoms. The number of carbonyl (C=O) groups excluding carboxylic acids is 2. The van der Waals surface area contributed by atoms with Gasteiger partial charge in [-0.15, -0.1) is 0 Å². The molecule has 0 unspecified atom stereocenters. The number of hydrogen-bond donors (Lipinski definition) is 2. The van der Waals surface area contributed by atoms with Crippen molar-refractivity contribution in [2.24, 2.45) is 0 Å². The van der Waals surface area contributed by atoms with Crippen LogP contribution in [0, 0.1) is 6.92 Å². The Kier molecular flexibility index (Phi) is 6.79. The van der Waals surface area contributed by atoms with Gasteiger partial charge in [0, 0.05) is 24.6 Å².